The van der Waals surface area contributed by atoms with Gasteiger partial charge < -0.3 is 43.9 Å². The van der Waals surface area contributed by atoms with Crippen molar-refractivity contribution >= 4 is 35.7 Å². The summed E-state index contributed by atoms with van der Waals surface area (Å²) in [6.07, 6.45) is -1.09. The van der Waals surface area contributed by atoms with Crippen LogP contribution in [-0.2, 0) is 28.6 Å². The average molecular weight is 735 g/mol. The number of hydrogen-bond donors (Lipinski definition) is 4. The molecule has 18 heteroatoms. The number of carboxylic acids is 3. The zero-order chi connectivity index (χ0) is 37.9. The summed E-state index contributed by atoms with van der Waals surface area (Å²) in [5.74, 6) is -2.98. The smallest absolute Gasteiger partial charge is 0.419 e. The quantitative estimate of drug-likeness (QED) is 0.200. The molecule has 2 unspecified atom stereocenters. The van der Waals surface area contributed by atoms with E-state index in [2.05, 4.69) is 5.32 Å². The minimum absolute atomic E-state index is 0.00793. The summed E-state index contributed by atoms with van der Waals surface area (Å²) in [5.41, 5.74) is 0.457. The van der Waals surface area contributed by atoms with Crippen LogP contribution in [0.5, 0.6) is 11.5 Å². The lowest BCUT2D eigenvalue weighted by Gasteiger charge is -2.34. The van der Waals surface area contributed by atoms with E-state index < -0.39 is 60.3 Å². The van der Waals surface area contributed by atoms with E-state index in [1.54, 1.807) is 54.6 Å². The lowest BCUT2D eigenvalue weighted by atomic mass is 10.3. The molecule has 3 rings (SSSR count). The number of carboxylic acid groups (broad SMARTS) is 3. The Morgan fingerprint density at radius 1 is 0.750 bits per heavy atom. The molecule has 4 N–H and O–H groups in total. The second-order valence-corrected chi connectivity index (χ2v) is 12.0. The van der Waals surface area contributed by atoms with Gasteiger partial charge in [0.05, 0.1) is 46.6 Å². The van der Waals surface area contributed by atoms with Crippen LogP contribution in [0.15, 0.2) is 54.6 Å². The van der Waals surface area contributed by atoms with Crippen molar-refractivity contribution in [2.45, 2.75) is 6.23 Å². The number of urea groups is 2. The van der Waals surface area contributed by atoms with Crippen LogP contribution in [0.4, 0.5) is 15.3 Å². The molecule has 4 amide bonds. The van der Waals surface area contributed by atoms with E-state index in [0.717, 1.165) is 4.90 Å². The van der Waals surface area contributed by atoms with E-state index >= 15 is 0 Å². The zero-order valence-corrected chi connectivity index (χ0v) is 29.4. The van der Waals surface area contributed by atoms with Gasteiger partial charge in [0, 0.05) is 32.4 Å². The fourth-order valence-electron chi connectivity index (χ4n) is 5.09. The highest BCUT2D eigenvalue weighted by Gasteiger charge is 2.37. The Kier molecular flexibility index (Phi) is 17.0. The molecule has 0 fully saturated rings. The SMILES string of the molecule is CN(CC(=O)O)C(=O)N(CCN(CC[N+](C)(CC(=O)O)C(=O)NC1COCCOCCOCCOc2ccccc2O1)CC(=O)O)c1ccccc1. The molecule has 0 spiro atoms. The first kappa shape index (κ1) is 41.4. The number of carbonyl (C=O) groups is 5. The molecule has 0 bridgehead atoms. The summed E-state index contributed by atoms with van der Waals surface area (Å²) in [4.78, 5) is 66.2. The van der Waals surface area contributed by atoms with Crippen LogP contribution >= 0.6 is 0 Å². The highest BCUT2D eigenvalue weighted by molar-refractivity contribution is 5.93. The number of rotatable bonds is 14. The van der Waals surface area contributed by atoms with E-state index in [9.17, 15) is 39.3 Å². The van der Waals surface area contributed by atoms with Crippen LogP contribution in [0.1, 0.15) is 0 Å². The molecule has 0 radical (unpaired) electrons. The number of nitrogens with zero attached hydrogens (tertiary/aromatic N) is 4. The monoisotopic (exact) mass is 734 g/mol. The summed E-state index contributed by atoms with van der Waals surface area (Å²) in [6, 6.07) is 13.9. The number of ether oxygens (including phenoxy) is 5. The first-order valence-electron chi connectivity index (χ1n) is 16.6. The van der Waals surface area contributed by atoms with Crippen LogP contribution in [0.2, 0.25) is 0 Å². The number of amides is 4. The Morgan fingerprint density at radius 3 is 1.98 bits per heavy atom. The summed E-state index contributed by atoms with van der Waals surface area (Å²) < 4.78 is 27.9. The molecule has 0 saturated carbocycles. The maximum absolute atomic E-state index is 13.9. The lowest BCUT2D eigenvalue weighted by Crippen LogP contribution is -2.62. The third kappa shape index (κ3) is 14.3. The van der Waals surface area contributed by atoms with E-state index in [0.29, 0.717) is 37.0 Å². The number of hydrogen-bond acceptors (Lipinski definition) is 11. The second kappa shape index (κ2) is 21.4. The number of benzene rings is 2. The van der Waals surface area contributed by atoms with Gasteiger partial charge in [0.2, 0.25) is 0 Å². The van der Waals surface area contributed by atoms with Crippen molar-refractivity contribution in [3.63, 3.8) is 0 Å². The molecular weight excluding hydrogens is 686 g/mol. The molecule has 2 aromatic carbocycles. The van der Waals surface area contributed by atoms with E-state index in [1.165, 1.54) is 23.9 Å². The third-order valence-electron chi connectivity index (χ3n) is 7.78. The van der Waals surface area contributed by atoms with Crippen molar-refractivity contribution in [1.29, 1.82) is 0 Å². The average Bonchev–Trinajstić information content (AvgIpc) is 3.10. The largest absolute Gasteiger partial charge is 0.487 e. The van der Waals surface area contributed by atoms with Crippen LogP contribution in [0.25, 0.3) is 0 Å². The van der Waals surface area contributed by atoms with Gasteiger partial charge >= 0.3 is 30.0 Å². The number of carbonyl (C=O) groups excluding carboxylic acids is 2. The predicted molar refractivity (Wildman–Crippen MR) is 184 cm³/mol. The zero-order valence-electron chi connectivity index (χ0n) is 29.4. The number of para-hydroxylation sites is 3. The lowest BCUT2D eigenvalue weighted by molar-refractivity contribution is -0.822. The van der Waals surface area contributed by atoms with Crippen molar-refractivity contribution in [3.05, 3.63) is 54.6 Å². The summed E-state index contributed by atoms with van der Waals surface area (Å²) >= 11 is 0. The number of nitrogens with one attached hydrogen (secondary N) is 1. The van der Waals surface area contributed by atoms with Gasteiger partial charge in [-0.2, -0.15) is 0 Å². The molecule has 2 atom stereocenters. The normalized spacial score (nSPS) is 16.7. The molecule has 0 aliphatic carbocycles. The van der Waals surface area contributed by atoms with Gasteiger partial charge in [-0.1, -0.05) is 30.3 Å². The molecule has 0 aromatic heterocycles. The van der Waals surface area contributed by atoms with Crippen molar-refractivity contribution in [2.24, 2.45) is 0 Å². The summed E-state index contributed by atoms with van der Waals surface area (Å²) in [5, 5.41) is 31.5. The molecule has 1 aliphatic heterocycles. The standard InChI is InChI=1S/C34H47N5O13/c1-36(22-30(40)41)34(47)38(26-8-4-3-5-9-26)13-12-37(23-31(42)43)14-15-39(2,24-32(44)45)33(46)35-29-25-50-19-18-48-16-17-49-20-21-51-27-10-6-7-11-28(27)52-29/h3-11,29H,12-25H2,1-2H3,(H3-,35,40,41,42,43,44,45,46)/p+1. The highest BCUT2D eigenvalue weighted by atomic mass is 16.6. The fraction of sp³-hybridized carbons (Fsp3) is 0.500. The fourth-order valence-corrected chi connectivity index (χ4v) is 5.09. The minimum atomic E-state index is -1.28. The van der Waals surface area contributed by atoms with Gasteiger partial charge in [-0.25, -0.2) is 18.9 Å². The Labute approximate surface area is 301 Å². The maximum Gasteiger partial charge on any atom is 0.419 e. The van der Waals surface area contributed by atoms with E-state index in [1.807, 2.05) is 0 Å². The van der Waals surface area contributed by atoms with Crippen molar-refractivity contribution in [1.82, 2.24) is 15.1 Å². The molecule has 2 aromatic rings. The second-order valence-electron chi connectivity index (χ2n) is 12.0. The molecule has 286 valence electrons. The summed E-state index contributed by atoms with van der Waals surface area (Å²) in [6.45, 7) is -0.399. The van der Waals surface area contributed by atoms with Crippen LogP contribution in [0.3, 0.4) is 0 Å². The van der Waals surface area contributed by atoms with Gasteiger partial charge in [0.1, 0.15) is 26.3 Å². The number of aliphatic carboxylic acids is 3. The molecule has 0 saturated heterocycles. The first-order valence-corrected chi connectivity index (χ1v) is 16.6. The van der Waals surface area contributed by atoms with Gasteiger partial charge in [0.25, 0.3) is 0 Å². The Morgan fingerprint density at radius 2 is 1.35 bits per heavy atom. The van der Waals surface area contributed by atoms with Gasteiger partial charge in [-0.05, 0) is 24.3 Å². The van der Waals surface area contributed by atoms with E-state index in [4.69, 9.17) is 23.7 Å². The number of anilines is 1. The highest BCUT2D eigenvalue weighted by Crippen LogP contribution is 2.27. The van der Waals surface area contributed by atoms with E-state index in [-0.39, 0.29) is 52.6 Å². The third-order valence-corrected chi connectivity index (χ3v) is 7.78. The Bertz CT molecular complexity index is 1470. The molecule has 18 nitrogen and oxygen atoms in total. The molecule has 52 heavy (non-hydrogen) atoms. The van der Waals surface area contributed by atoms with Gasteiger partial charge in [-0.15, -0.1) is 0 Å². The maximum atomic E-state index is 13.9. The van der Waals surface area contributed by atoms with Crippen LogP contribution in [0, 0.1) is 0 Å². The minimum Gasteiger partial charge on any atom is -0.487 e. The molecule has 1 aliphatic rings. The van der Waals surface area contributed by atoms with Crippen molar-refractivity contribution < 1.29 is 67.5 Å². The topological polar surface area (TPSA) is 214 Å². The van der Waals surface area contributed by atoms with Crippen LogP contribution < -0.4 is 19.7 Å². The summed E-state index contributed by atoms with van der Waals surface area (Å²) in [7, 11) is 2.74. The number of fused-ring (bicyclic) bond motifs is 1. The van der Waals surface area contributed by atoms with Crippen molar-refractivity contribution in [2.75, 3.05) is 111 Å². The van der Waals surface area contributed by atoms with Gasteiger partial charge in [0.15, 0.2) is 24.3 Å². The Balaban J connectivity index is 1.79. The molecule has 1 heterocycles. The molecular formula is C34H48N5O13+. The Hall–Kier alpha value is -5.01. The van der Waals surface area contributed by atoms with Crippen LogP contribution in [-0.4, -0.2) is 172 Å². The number of quaternary nitrogens is 1. The van der Waals surface area contributed by atoms with Gasteiger partial charge in [-0.3, -0.25) is 24.7 Å². The first-order chi connectivity index (χ1) is 24.9. The predicted octanol–water partition coefficient (Wildman–Crippen LogP) is 1.10. The van der Waals surface area contributed by atoms with Crippen molar-refractivity contribution in [3.8, 4) is 11.5 Å². The number of likely N-dealkylation sites (N-methyl/N-ethyl adjacent to an activating group) is 2.